The zero-order chi connectivity index (χ0) is 21.1. The maximum Gasteiger partial charge on any atom is 0.259 e. The Bertz CT molecular complexity index is 806. The van der Waals surface area contributed by atoms with Crippen molar-refractivity contribution in [2.24, 2.45) is 0 Å². The number of ether oxygens (including phenoxy) is 1. The molecule has 0 fully saturated rings. The zero-order valence-electron chi connectivity index (χ0n) is 17.1. The molecular formula is C23H29BrN2O3. The van der Waals surface area contributed by atoms with E-state index in [9.17, 15) is 9.59 Å². The standard InChI is InChI=1S/C23H29BrN2O3/c1-3-4-5-6-15-29-21-13-10-18(24)16-20(21)23(28)26-19-11-7-17(8-12-19)9-14-22(27)25-2/h7-8,10-13,16H,3-6,9,14-15H2,1-2H3,(H,25,27)(H,26,28). The molecule has 0 aliphatic rings. The van der Waals surface area contributed by atoms with Gasteiger partial charge in [0, 0.05) is 23.6 Å². The fraction of sp³-hybridized carbons (Fsp3) is 0.391. The molecule has 0 heterocycles. The molecule has 5 nitrogen and oxygen atoms in total. The topological polar surface area (TPSA) is 67.4 Å². The first kappa shape index (κ1) is 22.9. The van der Waals surface area contributed by atoms with Gasteiger partial charge < -0.3 is 15.4 Å². The molecule has 0 aliphatic carbocycles. The first-order valence-electron chi connectivity index (χ1n) is 10.1. The minimum Gasteiger partial charge on any atom is -0.493 e. The van der Waals surface area contributed by atoms with Gasteiger partial charge in [0.1, 0.15) is 5.75 Å². The maximum absolute atomic E-state index is 12.8. The molecule has 2 N–H and O–H groups in total. The summed E-state index contributed by atoms with van der Waals surface area (Å²) in [6.45, 7) is 2.77. The molecule has 0 atom stereocenters. The summed E-state index contributed by atoms with van der Waals surface area (Å²) < 4.78 is 6.69. The molecule has 2 aromatic carbocycles. The van der Waals surface area contributed by atoms with Gasteiger partial charge in [-0.05, 0) is 48.7 Å². The minimum atomic E-state index is -0.215. The van der Waals surface area contributed by atoms with E-state index in [1.165, 1.54) is 12.8 Å². The summed E-state index contributed by atoms with van der Waals surface area (Å²) in [6.07, 6.45) is 5.57. The van der Waals surface area contributed by atoms with Crippen LogP contribution in [0.5, 0.6) is 5.75 Å². The van der Waals surface area contributed by atoms with Crippen molar-refractivity contribution in [1.29, 1.82) is 0 Å². The van der Waals surface area contributed by atoms with E-state index in [2.05, 4.69) is 33.5 Å². The van der Waals surface area contributed by atoms with Crippen molar-refractivity contribution in [2.75, 3.05) is 19.0 Å². The van der Waals surface area contributed by atoms with Crippen LogP contribution in [0.25, 0.3) is 0 Å². The van der Waals surface area contributed by atoms with Crippen LogP contribution in [0.1, 0.15) is 54.9 Å². The molecule has 2 amide bonds. The predicted octanol–water partition coefficient (Wildman–Crippen LogP) is 5.34. The van der Waals surface area contributed by atoms with E-state index in [-0.39, 0.29) is 11.8 Å². The van der Waals surface area contributed by atoms with Crippen LogP contribution >= 0.6 is 15.9 Å². The molecule has 2 aromatic rings. The van der Waals surface area contributed by atoms with Gasteiger partial charge >= 0.3 is 0 Å². The molecule has 0 saturated carbocycles. The molecule has 6 heteroatoms. The van der Waals surface area contributed by atoms with Crippen LogP contribution < -0.4 is 15.4 Å². The van der Waals surface area contributed by atoms with E-state index < -0.39 is 0 Å². The molecule has 0 bridgehead atoms. The van der Waals surface area contributed by atoms with Gasteiger partial charge in [0.05, 0.1) is 12.2 Å². The number of carbonyl (C=O) groups excluding carboxylic acids is 2. The van der Waals surface area contributed by atoms with Gasteiger partial charge in [-0.3, -0.25) is 9.59 Å². The highest BCUT2D eigenvalue weighted by molar-refractivity contribution is 9.10. The lowest BCUT2D eigenvalue weighted by atomic mass is 10.1. The van der Waals surface area contributed by atoms with Crippen LogP contribution in [0.4, 0.5) is 5.69 Å². The summed E-state index contributed by atoms with van der Waals surface area (Å²) in [6, 6.07) is 13.0. The van der Waals surface area contributed by atoms with E-state index >= 15 is 0 Å². The number of hydrogen-bond acceptors (Lipinski definition) is 3. The fourth-order valence-corrected chi connectivity index (χ4v) is 3.21. The lowest BCUT2D eigenvalue weighted by molar-refractivity contribution is -0.120. The Morgan fingerprint density at radius 2 is 1.79 bits per heavy atom. The van der Waals surface area contributed by atoms with E-state index in [1.54, 1.807) is 13.1 Å². The Balaban J connectivity index is 1.98. The normalized spacial score (nSPS) is 10.4. The van der Waals surface area contributed by atoms with E-state index in [1.807, 2.05) is 36.4 Å². The number of amides is 2. The number of halogens is 1. The predicted molar refractivity (Wildman–Crippen MR) is 121 cm³/mol. The highest BCUT2D eigenvalue weighted by atomic mass is 79.9. The van der Waals surface area contributed by atoms with Crippen LogP contribution in [0.3, 0.4) is 0 Å². The van der Waals surface area contributed by atoms with Crippen LogP contribution in [0.15, 0.2) is 46.9 Å². The Morgan fingerprint density at radius 3 is 2.48 bits per heavy atom. The van der Waals surface area contributed by atoms with Gasteiger partial charge in [0.15, 0.2) is 0 Å². The van der Waals surface area contributed by atoms with Crippen LogP contribution in [0, 0.1) is 0 Å². The van der Waals surface area contributed by atoms with Crippen LogP contribution in [0.2, 0.25) is 0 Å². The quantitative estimate of drug-likeness (QED) is 0.444. The van der Waals surface area contributed by atoms with Crippen molar-refractivity contribution in [3.8, 4) is 5.75 Å². The lowest BCUT2D eigenvalue weighted by Crippen LogP contribution is -2.18. The van der Waals surface area contributed by atoms with Gasteiger partial charge in [0.2, 0.25) is 5.91 Å². The van der Waals surface area contributed by atoms with E-state index in [0.29, 0.717) is 36.4 Å². The van der Waals surface area contributed by atoms with E-state index in [4.69, 9.17) is 4.74 Å². The zero-order valence-corrected chi connectivity index (χ0v) is 18.7. The van der Waals surface area contributed by atoms with Crippen LogP contribution in [-0.2, 0) is 11.2 Å². The van der Waals surface area contributed by atoms with Gasteiger partial charge in [-0.1, -0.05) is 54.2 Å². The molecule has 0 saturated heterocycles. The first-order valence-corrected chi connectivity index (χ1v) is 10.9. The number of aryl methyl sites for hydroxylation is 1. The Hall–Kier alpha value is -2.34. The summed E-state index contributed by atoms with van der Waals surface area (Å²) >= 11 is 3.43. The number of unbranched alkanes of at least 4 members (excludes halogenated alkanes) is 3. The summed E-state index contributed by atoms with van der Waals surface area (Å²) in [5.74, 6) is 0.386. The van der Waals surface area contributed by atoms with E-state index in [0.717, 1.165) is 22.9 Å². The monoisotopic (exact) mass is 460 g/mol. The smallest absolute Gasteiger partial charge is 0.259 e. The first-order chi connectivity index (χ1) is 14.0. The Kier molecular flexibility index (Phi) is 9.71. The van der Waals surface area contributed by atoms with Crippen molar-refractivity contribution in [1.82, 2.24) is 5.32 Å². The van der Waals surface area contributed by atoms with Gasteiger partial charge in [-0.2, -0.15) is 0 Å². The highest BCUT2D eigenvalue weighted by Gasteiger charge is 2.14. The number of carbonyl (C=O) groups is 2. The molecule has 0 aromatic heterocycles. The maximum atomic E-state index is 12.8. The fourth-order valence-electron chi connectivity index (χ4n) is 2.85. The van der Waals surface area contributed by atoms with Crippen molar-refractivity contribution in [2.45, 2.75) is 45.4 Å². The lowest BCUT2D eigenvalue weighted by Gasteiger charge is -2.13. The van der Waals surface area contributed by atoms with Crippen molar-refractivity contribution >= 4 is 33.4 Å². The molecule has 156 valence electrons. The summed E-state index contributed by atoms with van der Waals surface area (Å²) in [7, 11) is 1.63. The van der Waals surface area contributed by atoms with Crippen molar-refractivity contribution in [3.05, 3.63) is 58.1 Å². The molecule has 2 rings (SSSR count). The molecular weight excluding hydrogens is 432 g/mol. The molecule has 0 spiro atoms. The van der Waals surface area contributed by atoms with Gasteiger partial charge in [0.25, 0.3) is 5.91 Å². The summed E-state index contributed by atoms with van der Waals surface area (Å²) in [5, 5.41) is 5.53. The second-order valence-corrected chi connectivity index (χ2v) is 7.79. The second-order valence-electron chi connectivity index (χ2n) is 6.87. The number of nitrogens with one attached hydrogen (secondary N) is 2. The molecule has 29 heavy (non-hydrogen) atoms. The van der Waals surface area contributed by atoms with Crippen molar-refractivity contribution in [3.63, 3.8) is 0 Å². The third-order valence-electron chi connectivity index (χ3n) is 4.57. The molecule has 0 radical (unpaired) electrons. The second kappa shape index (κ2) is 12.3. The van der Waals surface area contributed by atoms with Crippen molar-refractivity contribution < 1.29 is 14.3 Å². The number of benzene rings is 2. The number of hydrogen-bond donors (Lipinski definition) is 2. The number of anilines is 1. The summed E-state index contributed by atoms with van der Waals surface area (Å²) in [4.78, 5) is 24.2. The Labute approximate surface area is 181 Å². The largest absolute Gasteiger partial charge is 0.493 e. The Morgan fingerprint density at radius 1 is 1.03 bits per heavy atom. The van der Waals surface area contributed by atoms with Gasteiger partial charge in [-0.25, -0.2) is 0 Å². The van der Waals surface area contributed by atoms with Gasteiger partial charge in [-0.15, -0.1) is 0 Å². The summed E-state index contributed by atoms with van der Waals surface area (Å²) in [5.41, 5.74) is 2.25. The average molecular weight is 461 g/mol. The van der Waals surface area contributed by atoms with Crippen LogP contribution in [-0.4, -0.2) is 25.5 Å². The SMILES string of the molecule is CCCCCCOc1ccc(Br)cc1C(=O)Nc1ccc(CCC(=O)NC)cc1. The average Bonchev–Trinajstić information content (AvgIpc) is 2.73. The third-order valence-corrected chi connectivity index (χ3v) is 5.07. The highest BCUT2D eigenvalue weighted by Crippen LogP contribution is 2.25. The molecule has 0 aliphatic heterocycles. The number of rotatable bonds is 11. The minimum absolute atomic E-state index is 0.0132. The third kappa shape index (κ3) is 7.89. The molecule has 0 unspecified atom stereocenters.